The minimum Gasteiger partial charge on any atom is -0.467 e. The van der Waals surface area contributed by atoms with Crippen molar-refractivity contribution in [2.24, 2.45) is 0 Å². The first-order valence-electron chi connectivity index (χ1n) is 6.31. The highest BCUT2D eigenvalue weighted by Crippen LogP contribution is 2.07. The van der Waals surface area contributed by atoms with Crippen LogP contribution in [-0.2, 0) is 20.9 Å². The lowest BCUT2D eigenvalue weighted by molar-refractivity contribution is -0.142. The molecule has 0 saturated carbocycles. The molecule has 0 fully saturated rings. The van der Waals surface area contributed by atoms with Gasteiger partial charge < -0.3 is 14.8 Å². The van der Waals surface area contributed by atoms with Crippen LogP contribution in [0.4, 0.5) is 4.79 Å². The van der Waals surface area contributed by atoms with Gasteiger partial charge in [-0.25, -0.2) is 9.59 Å². The van der Waals surface area contributed by atoms with Gasteiger partial charge in [0.1, 0.15) is 6.61 Å². The quantitative estimate of drug-likeness (QED) is 0.640. The number of esters is 1. The van der Waals surface area contributed by atoms with Crippen molar-refractivity contribution >= 4 is 12.1 Å². The molecule has 0 spiro atoms. The second kappa shape index (κ2) is 7.99. The van der Waals surface area contributed by atoms with Crippen molar-refractivity contribution in [2.75, 3.05) is 7.11 Å². The summed E-state index contributed by atoms with van der Waals surface area (Å²) in [6.45, 7) is 5.72. The van der Waals surface area contributed by atoms with Gasteiger partial charge in [0.2, 0.25) is 0 Å². The molecule has 1 aromatic carbocycles. The number of carbonyl (C=O) groups is 2. The first-order chi connectivity index (χ1) is 9.58. The number of hydrogen-bond donors (Lipinski definition) is 1. The molecule has 0 saturated heterocycles. The van der Waals surface area contributed by atoms with Gasteiger partial charge in [0.05, 0.1) is 7.11 Å². The average molecular weight is 277 g/mol. The number of benzene rings is 1. The summed E-state index contributed by atoms with van der Waals surface area (Å²) in [5.74, 6) is -0.562. The van der Waals surface area contributed by atoms with Crippen molar-refractivity contribution < 1.29 is 19.1 Å². The smallest absolute Gasteiger partial charge is 0.408 e. The molecule has 0 aliphatic carbocycles. The molecule has 20 heavy (non-hydrogen) atoms. The van der Waals surface area contributed by atoms with E-state index in [2.05, 4.69) is 16.6 Å². The minimum atomic E-state index is -0.881. The summed E-state index contributed by atoms with van der Waals surface area (Å²) in [5.41, 5.74) is 1.43. The highest BCUT2D eigenvalue weighted by molar-refractivity contribution is 5.84. The maximum absolute atomic E-state index is 11.7. The van der Waals surface area contributed by atoms with E-state index in [1.807, 2.05) is 37.3 Å². The topological polar surface area (TPSA) is 64.6 Å². The molecule has 108 valence electrons. The normalized spacial score (nSPS) is 11.3. The molecule has 0 aliphatic rings. The summed E-state index contributed by atoms with van der Waals surface area (Å²) in [5, 5.41) is 2.45. The first kappa shape index (κ1) is 15.8. The molecular weight excluding hydrogens is 258 g/mol. The fourth-order valence-corrected chi connectivity index (χ4v) is 1.53. The summed E-state index contributed by atoms with van der Waals surface area (Å²) < 4.78 is 9.68. The Hall–Kier alpha value is -2.30. The van der Waals surface area contributed by atoms with Crippen molar-refractivity contribution in [3.05, 3.63) is 48.0 Å². The second-order valence-corrected chi connectivity index (χ2v) is 4.17. The zero-order valence-electron chi connectivity index (χ0n) is 11.7. The van der Waals surface area contributed by atoms with Gasteiger partial charge in [0, 0.05) is 0 Å². The van der Waals surface area contributed by atoms with Gasteiger partial charge in [-0.15, -0.1) is 0 Å². The highest BCUT2D eigenvalue weighted by atomic mass is 16.6. The van der Waals surface area contributed by atoms with Crippen LogP contribution in [0.15, 0.2) is 42.5 Å². The van der Waals surface area contributed by atoms with Crippen LogP contribution in [0.2, 0.25) is 0 Å². The third-order valence-electron chi connectivity index (χ3n) is 2.77. The monoisotopic (exact) mass is 277 g/mol. The van der Waals surface area contributed by atoms with Crippen LogP contribution in [0, 0.1) is 0 Å². The third kappa shape index (κ3) is 4.76. The van der Waals surface area contributed by atoms with E-state index < -0.39 is 18.1 Å². The van der Waals surface area contributed by atoms with Crippen LogP contribution < -0.4 is 5.32 Å². The predicted molar refractivity (Wildman–Crippen MR) is 75.0 cm³/mol. The molecular formula is C15H19NO4. The Balaban J connectivity index is 2.54. The molecule has 0 radical (unpaired) electrons. The Morgan fingerprint density at radius 3 is 2.50 bits per heavy atom. The van der Waals surface area contributed by atoms with Crippen molar-refractivity contribution in [3.63, 3.8) is 0 Å². The van der Waals surface area contributed by atoms with Crippen LogP contribution in [0.1, 0.15) is 18.9 Å². The Bertz CT molecular complexity index is 454. The molecule has 5 nitrogen and oxygen atoms in total. The zero-order chi connectivity index (χ0) is 15.0. The van der Waals surface area contributed by atoms with Crippen LogP contribution in [0.5, 0.6) is 0 Å². The van der Waals surface area contributed by atoms with E-state index in [4.69, 9.17) is 4.74 Å². The van der Waals surface area contributed by atoms with E-state index in [0.29, 0.717) is 12.0 Å². The molecule has 0 unspecified atom stereocenters. The molecule has 1 N–H and O–H groups in total. The SMILES string of the molecule is C=C(CC)[C@H](NC(=O)OCc1ccccc1)C(=O)OC. The molecule has 0 bridgehead atoms. The molecule has 1 amide bonds. The Labute approximate surface area is 118 Å². The number of methoxy groups -OCH3 is 1. The molecule has 5 heteroatoms. The summed E-state index contributed by atoms with van der Waals surface area (Å²) >= 11 is 0. The maximum atomic E-state index is 11.7. The van der Waals surface area contributed by atoms with Crippen molar-refractivity contribution in [1.29, 1.82) is 0 Å². The van der Waals surface area contributed by atoms with Crippen molar-refractivity contribution in [2.45, 2.75) is 26.0 Å². The maximum Gasteiger partial charge on any atom is 0.408 e. The molecule has 1 aromatic rings. The van der Waals surface area contributed by atoms with Gasteiger partial charge in [-0.2, -0.15) is 0 Å². The number of amides is 1. The molecule has 1 atom stereocenters. The van der Waals surface area contributed by atoms with Gasteiger partial charge in [0.15, 0.2) is 6.04 Å². The second-order valence-electron chi connectivity index (χ2n) is 4.17. The predicted octanol–water partition coefficient (Wildman–Crippen LogP) is 2.42. The fraction of sp³-hybridized carbons (Fsp3) is 0.333. The molecule has 0 aromatic heterocycles. The summed E-state index contributed by atoms with van der Waals surface area (Å²) in [6.07, 6.45) is -0.127. The van der Waals surface area contributed by atoms with E-state index in [9.17, 15) is 9.59 Å². The Morgan fingerprint density at radius 1 is 1.30 bits per heavy atom. The molecule has 0 aliphatic heterocycles. The Morgan fingerprint density at radius 2 is 1.95 bits per heavy atom. The van der Waals surface area contributed by atoms with Crippen molar-refractivity contribution in [1.82, 2.24) is 5.32 Å². The number of rotatable bonds is 6. The van der Waals surface area contributed by atoms with E-state index in [1.165, 1.54) is 7.11 Å². The van der Waals surface area contributed by atoms with Crippen LogP contribution in [0.25, 0.3) is 0 Å². The third-order valence-corrected chi connectivity index (χ3v) is 2.77. The number of hydrogen-bond acceptors (Lipinski definition) is 4. The van der Waals surface area contributed by atoms with Gasteiger partial charge in [0.25, 0.3) is 0 Å². The van der Waals surface area contributed by atoms with E-state index in [0.717, 1.165) is 5.56 Å². The van der Waals surface area contributed by atoms with Crippen LogP contribution >= 0.6 is 0 Å². The van der Waals surface area contributed by atoms with Gasteiger partial charge in [-0.1, -0.05) is 43.8 Å². The standard InChI is InChI=1S/C15H19NO4/c1-4-11(2)13(14(17)19-3)16-15(18)20-10-12-8-6-5-7-9-12/h5-9,13H,2,4,10H2,1,3H3,(H,16,18)/t13-/m0/s1. The number of alkyl carbamates (subject to hydrolysis) is 1. The minimum absolute atomic E-state index is 0.138. The number of nitrogens with one attached hydrogen (secondary N) is 1. The van der Waals surface area contributed by atoms with Crippen molar-refractivity contribution in [3.8, 4) is 0 Å². The lowest BCUT2D eigenvalue weighted by Gasteiger charge is -2.17. The van der Waals surface area contributed by atoms with Gasteiger partial charge in [-0.05, 0) is 17.6 Å². The lowest BCUT2D eigenvalue weighted by Crippen LogP contribution is -2.42. The summed E-state index contributed by atoms with van der Waals surface area (Å²) in [7, 11) is 1.26. The van der Waals surface area contributed by atoms with E-state index in [1.54, 1.807) is 0 Å². The van der Waals surface area contributed by atoms with Gasteiger partial charge in [-0.3, -0.25) is 0 Å². The highest BCUT2D eigenvalue weighted by Gasteiger charge is 2.24. The summed E-state index contributed by atoms with van der Waals surface area (Å²) in [6, 6.07) is 8.39. The lowest BCUT2D eigenvalue weighted by atomic mass is 10.1. The first-order valence-corrected chi connectivity index (χ1v) is 6.31. The average Bonchev–Trinajstić information content (AvgIpc) is 2.50. The van der Waals surface area contributed by atoms with Crippen LogP contribution in [0.3, 0.4) is 0 Å². The fourth-order valence-electron chi connectivity index (χ4n) is 1.53. The summed E-state index contributed by atoms with van der Waals surface area (Å²) in [4.78, 5) is 23.3. The van der Waals surface area contributed by atoms with Crippen LogP contribution in [-0.4, -0.2) is 25.2 Å². The largest absolute Gasteiger partial charge is 0.467 e. The Kier molecular flexibility index (Phi) is 6.29. The van der Waals surface area contributed by atoms with E-state index >= 15 is 0 Å². The van der Waals surface area contributed by atoms with Gasteiger partial charge >= 0.3 is 12.1 Å². The molecule has 1 rings (SSSR count). The zero-order valence-corrected chi connectivity index (χ0v) is 11.7. The molecule has 0 heterocycles. The number of carbonyl (C=O) groups excluding carboxylic acids is 2. The van der Waals surface area contributed by atoms with E-state index in [-0.39, 0.29) is 6.61 Å². The number of ether oxygens (including phenoxy) is 2.